The Morgan fingerprint density at radius 2 is 0.903 bits per heavy atom. The normalized spacial score (nSPS) is 13.6. The van der Waals surface area contributed by atoms with E-state index in [-0.39, 0.29) is 0 Å². The zero-order valence-electron chi connectivity index (χ0n) is 18.4. The predicted molar refractivity (Wildman–Crippen MR) is 108 cm³/mol. The minimum absolute atomic E-state index is 0.778. The maximum absolute atomic E-state index is 11.4. The van der Waals surface area contributed by atoms with Crippen LogP contribution < -0.4 is 0 Å². The number of hydrogen-bond acceptors (Lipinski definition) is 4. The highest BCUT2D eigenvalue weighted by Gasteiger charge is 2.46. The van der Waals surface area contributed by atoms with Crippen LogP contribution >= 0.6 is 0 Å². The lowest BCUT2D eigenvalue weighted by Gasteiger charge is -2.23. The van der Waals surface area contributed by atoms with Gasteiger partial charge < -0.3 is 8.61 Å². The molecule has 0 saturated heterocycles. The molecular weight excluding hydrogens is 474 g/mol. The van der Waals surface area contributed by atoms with Gasteiger partial charge in [-0.25, -0.2) is 16.8 Å². The highest BCUT2D eigenvalue weighted by atomic mass is 32.3. The molecule has 0 N–H and O–H groups in total. The fraction of sp³-hybridized carbons (Fsp3) is 1.00. The van der Waals surface area contributed by atoms with Crippen LogP contribution in [-0.2, 0) is 20.0 Å². The molecule has 190 valence electrons. The first-order chi connectivity index (χ1) is 13.8. The van der Waals surface area contributed by atoms with Gasteiger partial charge in [0.1, 0.15) is 0 Å². The van der Waals surface area contributed by atoms with Crippen molar-refractivity contribution in [1.82, 2.24) is 0 Å². The first-order valence-corrected chi connectivity index (χ1v) is 12.8. The van der Waals surface area contributed by atoms with Crippen molar-refractivity contribution in [1.29, 1.82) is 0 Å². The van der Waals surface area contributed by atoms with Crippen LogP contribution in [0.15, 0.2) is 0 Å². The standard InChI is InChI=1S/C15H34N.C2F6NO4S2/c1-5-6-7-8-9-10-11-12-13-14-15-16(2,3)4;3-1(4,5)14(10,11)9-15(12,13)2(6,7)8/h5-15H2,1-4H3;/q+1;-1. The van der Waals surface area contributed by atoms with Crippen LogP contribution in [0.1, 0.15) is 71.1 Å². The third kappa shape index (κ3) is 16.7. The lowest BCUT2D eigenvalue weighted by molar-refractivity contribution is -0.870. The van der Waals surface area contributed by atoms with Crippen LogP contribution in [0.4, 0.5) is 26.3 Å². The van der Waals surface area contributed by atoms with Gasteiger partial charge in [0.25, 0.3) is 0 Å². The van der Waals surface area contributed by atoms with Gasteiger partial charge in [-0.3, -0.25) is 0 Å². The molecule has 0 fully saturated rings. The first-order valence-electron chi connectivity index (χ1n) is 9.94. The van der Waals surface area contributed by atoms with E-state index in [0.29, 0.717) is 0 Å². The van der Waals surface area contributed by atoms with Crippen LogP contribution in [0.3, 0.4) is 0 Å². The summed E-state index contributed by atoms with van der Waals surface area (Å²) in [5, 5.41) is 0. The van der Waals surface area contributed by atoms with Gasteiger partial charge in [-0.05, 0) is 12.8 Å². The second kappa shape index (κ2) is 13.8. The van der Waals surface area contributed by atoms with Gasteiger partial charge in [-0.2, -0.15) is 26.3 Å². The Morgan fingerprint density at radius 3 is 1.16 bits per heavy atom. The van der Waals surface area contributed by atoms with Gasteiger partial charge in [-0.1, -0.05) is 58.3 Å². The summed E-state index contributed by atoms with van der Waals surface area (Å²) in [5.74, 6) is 0. The average molecular weight is 509 g/mol. The van der Waals surface area contributed by atoms with Crippen molar-refractivity contribution in [2.24, 2.45) is 0 Å². The molecular formula is C17H34F6N2O4S2. The van der Waals surface area contributed by atoms with Gasteiger partial charge in [0, 0.05) is 0 Å². The summed E-state index contributed by atoms with van der Waals surface area (Å²) < 4.78 is 110. The highest BCUT2D eigenvalue weighted by Crippen LogP contribution is 2.36. The van der Waals surface area contributed by atoms with Crippen molar-refractivity contribution in [2.75, 3.05) is 27.7 Å². The number of unbranched alkanes of at least 4 members (excludes halogenated alkanes) is 9. The summed E-state index contributed by atoms with van der Waals surface area (Å²) in [6.07, 6.45) is 14.4. The number of nitrogens with zero attached hydrogens (tertiary/aromatic N) is 2. The van der Waals surface area contributed by atoms with Crippen molar-refractivity contribution < 1.29 is 47.7 Å². The fourth-order valence-corrected chi connectivity index (χ4v) is 4.00. The SMILES string of the molecule is CCCCCCCCCCCC[N+](C)(C)C.O=S(=O)([N-]S(=O)(=O)C(F)(F)F)C(F)(F)F. The van der Waals surface area contributed by atoms with E-state index in [1.165, 1.54) is 70.8 Å². The number of hydrogen-bond donors (Lipinski definition) is 0. The smallest absolute Gasteiger partial charge is 0.421 e. The summed E-state index contributed by atoms with van der Waals surface area (Å²) in [6, 6.07) is 0. The Kier molecular flexibility index (Phi) is 14.5. The molecule has 31 heavy (non-hydrogen) atoms. The molecule has 6 nitrogen and oxygen atoms in total. The van der Waals surface area contributed by atoms with Crippen LogP contribution in [0.25, 0.3) is 4.13 Å². The molecule has 0 aromatic carbocycles. The van der Waals surface area contributed by atoms with Crippen molar-refractivity contribution >= 4 is 20.0 Å². The quantitative estimate of drug-likeness (QED) is 0.182. The molecule has 0 atom stereocenters. The minimum Gasteiger partial charge on any atom is -0.421 e. The lowest BCUT2D eigenvalue weighted by atomic mass is 10.1. The van der Waals surface area contributed by atoms with E-state index < -0.39 is 31.1 Å². The van der Waals surface area contributed by atoms with Gasteiger partial charge in [0.2, 0.25) is 0 Å². The number of rotatable bonds is 13. The highest BCUT2D eigenvalue weighted by molar-refractivity contribution is 8.13. The van der Waals surface area contributed by atoms with E-state index in [1.54, 1.807) is 0 Å². The summed E-state index contributed by atoms with van der Waals surface area (Å²) in [7, 11) is -6.59. The van der Waals surface area contributed by atoms with Crippen molar-refractivity contribution in [3.05, 3.63) is 4.13 Å². The molecule has 0 spiro atoms. The topological polar surface area (TPSA) is 82.4 Å². The van der Waals surface area contributed by atoms with E-state index in [2.05, 4.69) is 28.1 Å². The number of sulfonamides is 2. The fourth-order valence-electron chi connectivity index (χ4n) is 2.29. The molecule has 0 aliphatic heterocycles. The molecule has 0 aliphatic carbocycles. The van der Waals surface area contributed by atoms with Gasteiger partial charge >= 0.3 is 11.0 Å². The van der Waals surface area contributed by atoms with Crippen molar-refractivity contribution in [2.45, 2.75) is 82.1 Å². The Morgan fingerprint density at radius 1 is 0.613 bits per heavy atom. The van der Waals surface area contributed by atoms with E-state index in [9.17, 15) is 43.2 Å². The third-order valence-electron chi connectivity index (χ3n) is 3.96. The predicted octanol–water partition coefficient (Wildman–Crippen LogP) is 5.67. The van der Waals surface area contributed by atoms with E-state index >= 15 is 0 Å². The number of quaternary nitrogens is 1. The minimum atomic E-state index is -6.72. The largest absolute Gasteiger partial charge is 0.480 e. The molecule has 14 heteroatoms. The van der Waals surface area contributed by atoms with Gasteiger partial charge in [0.05, 0.1) is 27.7 Å². The van der Waals surface area contributed by atoms with E-state index in [0.717, 1.165) is 8.61 Å². The van der Waals surface area contributed by atoms with E-state index in [1.807, 2.05) is 0 Å². The zero-order valence-corrected chi connectivity index (χ0v) is 20.0. The molecule has 0 unspecified atom stereocenters. The van der Waals surface area contributed by atoms with E-state index in [4.69, 9.17) is 0 Å². The molecule has 0 radical (unpaired) electrons. The first kappa shape index (κ1) is 32.6. The second-order valence-corrected chi connectivity index (χ2v) is 11.5. The Bertz CT molecular complexity index is 643. The number of alkyl halides is 6. The van der Waals surface area contributed by atoms with Crippen molar-refractivity contribution in [3.63, 3.8) is 0 Å². The van der Waals surface area contributed by atoms with Gasteiger partial charge in [0.15, 0.2) is 20.0 Å². The monoisotopic (exact) mass is 508 g/mol. The second-order valence-electron chi connectivity index (χ2n) is 8.11. The summed E-state index contributed by atoms with van der Waals surface area (Å²) >= 11 is 0. The van der Waals surface area contributed by atoms with Crippen molar-refractivity contribution in [3.8, 4) is 0 Å². The molecule has 0 aromatic rings. The molecule has 0 saturated carbocycles. The molecule has 0 rings (SSSR count). The Balaban J connectivity index is 0. The molecule has 0 heterocycles. The summed E-state index contributed by atoms with van der Waals surface area (Å²) in [6.45, 7) is 3.62. The third-order valence-corrected chi connectivity index (χ3v) is 6.70. The molecule has 0 aromatic heterocycles. The molecule has 0 aliphatic rings. The van der Waals surface area contributed by atoms with Crippen LogP contribution in [-0.4, -0.2) is 60.0 Å². The maximum atomic E-state index is 11.4. The molecule has 0 bridgehead atoms. The Labute approximate surface area is 182 Å². The Hall–Kier alpha value is -0.600. The summed E-state index contributed by atoms with van der Waals surface area (Å²) in [5.41, 5.74) is -12.4. The van der Waals surface area contributed by atoms with Gasteiger partial charge in [-0.15, -0.1) is 0 Å². The number of halogens is 6. The zero-order chi connectivity index (χ0) is 25.0. The van der Waals surface area contributed by atoms with Crippen LogP contribution in [0.5, 0.6) is 0 Å². The van der Waals surface area contributed by atoms with Crippen LogP contribution in [0, 0.1) is 0 Å². The lowest BCUT2D eigenvalue weighted by Crippen LogP contribution is -2.35. The maximum Gasteiger partial charge on any atom is 0.480 e. The van der Waals surface area contributed by atoms with Crippen LogP contribution in [0.2, 0.25) is 0 Å². The average Bonchev–Trinajstić information content (AvgIpc) is 2.53. The summed E-state index contributed by atoms with van der Waals surface area (Å²) in [4.78, 5) is 0. The molecule has 0 amide bonds.